The van der Waals surface area contributed by atoms with Gasteiger partial charge in [0.05, 0.1) is 31.1 Å². The highest BCUT2D eigenvalue weighted by Gasteiger charge is 2.47. The van der Waals surface area contributed by atoms with E-state index in [1.807, 2.05) is 5.38 Å². The van der Waals surface area contributed by atoms with Gasteiger partial charge in [0.2, 0.25) is 0 Å². The zero-order valence-corrected chi connectivity index (χ0v) is 16.1. The van der Waals surface area contributed by atoms with Gasteiger partial charge >= 0.3 is 0 Å². The molecule has 1 fully saturated rings. The average Bonchev–Trinajstić information content (AvgIpc) is 3.46. The Kier molecular flexibility index (Phi) is 4.94. The van der Waals surface area contributed by atoms with Crippen molar-refractivity contribution >= 4 is 28.8 Å². The SMILES string of the molecule is COc1ccc(F)cc1/C(O)=C1/C(=O)C(=O)N(Cc2ccco2)C1c1cccs1. The minimum Gasteiger partial charge on any atom is -0.507 e. The second kappa shape index (κ2) is 7.56. The number of likely N-dealkylation sites (tertiary alicyclic amines) is 1. The molecule has 0 bridgehead atoms. The molecule has 6 nitrogen and oxygen atoms in total. The fourth-order valence-electron chi connectivity index (χ4n) is 3.37. The topological polar surface area (TPSA) is 80.0 Å². The Morgan fingerprint density at radius 1 is 1.28 bits per heavy atom. The number of aliphatic hydroxyl groups is 1. The molecule has 1 N–H and O–H groups in total. The fourth-order valence-corrected chi connectivity index (χ4v) is 4.21. The number of carbonyl (C=O) groups excluding carboxylic acids is 2. The molecule has 0 saturated carbocycles. The summed E-state index contributed by atoms with van der Waals surface area (Å²) in [6, 6.07) is 9.71. The van der Waals surface area contributed by atoms with Gasteiger partial charge in [-0.1, -0.05) is 6.07 Å². The number of methoxy groups -OCH3 is 1. The molecular weight excluding hydrogens is 397 g/mol. The first-order chi connectivity index (χ1) is 14.0. The Balaban J connectivity index is 1.89. The van der Waals surface area contributed by atoms with Crippen LogP contribution >= 0.6 is 11.3 Å². The number of ether oxygens (including phenoxy) is 1. The predicted octanol–water partition coefficient (Wildman–Crippen LogP) is 4.11. The van der Waals surface area contributed by atoms with Crippen LogP contribution in [0.5, 0.6) is 5.75 Å². The van der Waals surface area contributed by atoms with Crippen LogP contribution in [0.25, 0.3) is 5.76 Å². The van der Waals surface area contributed by atoms with Crippen LogP contribution in [0.3, 0.4) is 0 Å². The van der Waals surface area contributed by atoms with Gasteiger partial charge in [0.25, 0.3) is 11.7 Å². The van der Waals surface area contributed by atoms with E-state index in [9.17, 15) is 19.1 Å². The highest BCUT2D eigenvalue weighted by molar-refractivity contribution is 7.10. The van der Waals surface area contributed by atoms with E-state index in [4.69, 9.17) is 9.15 Å². The number of Topliss-reactive ketones (excluding diaryl/α,β-unsaturated/α-hetero) is 1. The first kappa shape index (κ1) is 18.9. The van der Waals surface area contributed by atoms with Gasteiger partial charge in [-0.25, -0.2) is 4.39 Å². The lowest BCUT2D eigenvalue weighted by Crippen LogP contribution is -2.28. The first-order valence-electron chi connectivity index (χ1n) is 8.69. The number of hydrogen-bond acceptors (Lipinski definition) is 6. The van der Waals surface area contributed by atoms with E-state index in [1.165, 1.54) is 41.7 Å². The zero-order valence-electron chi connectivity index (χ0n) is 15.3. The number of benzene rings is 1. The minimum absolute atomic E-state index is 0.00468. The molecule has 1 unspecified atom stereocenters. The quantitative estimate of drug-likeness (QED) is 0.387. The largest absolute Gasteiger partial charge is 0.507 e. The molecule has 3 heterocycles. The lowest BCUT2D eigenvalue weighted by molar-refractivity contribution is -0.140. The molecule has 1 atom stereocenters. The summed E-state index contributed by atoms with van der Waals surface area (Å²) in [4.78, 5) is 27.7. The number of rotatable bonds is 5. The Morgan fingerprint density at radius 2 is 2.10 bits per heavy atom. The van der Waals surface area contributed by atoms with Crippen molar-refractivity contribution < 1.29 is 28.2 Å². The fraction of sp³-hybridized carbons (Fsp3) is 0.143. The van der Waals surface area contributed by atoms with Crippen LogP contribution in [0.2, 0.25) is 0 Å². The second-order valence-corrected chi connectivity index (χ2v) is 7.35. The lowest BCUT2D eigenvalue weighted by Gasteiger charge is -2.23. The molecule has 2 aromatic heterocycles. The van der Waals surface area contributed by atoms with Gasteiger partial charge in [-0.15, -0.1) is 11.3 Å². The van der Waals surface area contributed by atoms with Gasteiger partial charge < -0.3 is 19.2 Å². The number of thiophene rings is 1. The highest BCUT2D eigenvalue weighted by atomic mass is 32.1. The summed E-state index contributed by atoms with van der Waals surface area (Å²) in [6.07, 6.45) is 1.48. The molecule has 1 amide bonds. The summed E-state index contributed by atoms with van der Waals surface area (Å²) in [5.74, 6) is -2.02. The van der Waals surface area contributed by atoms with Gasteiger partial charge in [-0.2, -0.15) is 0 Å². The van der Waals surface area contributed by atoms with Crippen molar-refractivity contribution in [2.24, 2.45) is 0 Å². The molecule has 148 valence electrons. The van der Waals surface area contributed by atoms with Gasteiger partial charge in [-0.05, 0) is 41.8 Å². The molecule has 4 rings (SSSR count). The number of carbonyl (C=O) groups is 2. The molecule has 1 aliphatic heterocycles. The van der Waals surface area contributed by atoms with E-state index < -0.39 is 29.3 Å². The highest BCUT2D eigenvalue weighted by Crippen LogP contribution is 2.43. The van der Waals surface area contributed by atoms with Crippen molar-refractivity contribution in [3.63, 3.8) is 0 Å². The number of nitrogens with zero attached hydrogens (tertiary/aromatic N) is 1. The van der Waals surface area contributed by atoms with E-state index in [0.29, 0.717) is 10.6 Å². The normalized spacial score (nSPS) is 18.4. The van der Waals surface area contributed by atoms with Crippen molar-refractivity contribution in [2.45, 2.75) is 12.6 Å². The molecule has 1 saturated heterocycles. The summed E-state index contributed by atoms with van der Waals surface area (Å²) in [6.45, 7) is 0.0528. The number of amides is 1. The third kappa shape index (κ3) is 3.31. The molecule has 0 radical (unpaired) electrons. The monoisotopic (exact) mass is 413 g/mol. The maximum Gasteiger partial charge on any atom is 0.296 e. The number of hydrogen-bond donors (Lipinski definition) is 1. The minimum atomic E-state index is -0.848. The molecule has 0 aliphatic carbocycles. The van der Waals surface area contributed by atoms with E-state index >= 15 is 0 Å². The van der Waals surface area contributed by atoms with Crippen LogP contribution in [0.4, 0.5) is 4.39 Å². The van der Waals surface area contributed by atoms with Gasteiger partial charge in [0.15, 0.2) is 0 Å². The van der Waals surface area contributed by atoms with Crippen LogP contribution in [0, 0.1) is 5.82 Å². The van der Waals surface area contributed by atoms with E-state index in [1.54, 1.807) is 24.3 Å². The summed E-state index contributed by atoms with van der Waals surface area (Å²) in [5.41, 5.74) is -0.113. The maximum absolute atomic E-state index is 13.8. The summed E-state index contributed by atoms with van der Waals surface area (Å²) >= 11 is 1.34. The number of aliphatic hydroxyl groups excluding tert-OH is 1. The Bertz CT molecular complexity index is 1090. The van der Waals surface area contributed by atoms with Crippen molar-refractivity contribution in [2.75, 3.05) is 7.11 Å². The Hall–Kier alpha value is -3.39. The lowest BCUT2D eigenvalue weighted by atomic mass is 9.99. The molecule has 3 aromatic rings. The van der Waals surface area contributed by atoms with Gasteiger partial charge in [-0.3, -0.25) is 9.59 Å². The third-order valence-corrected chi connectivity index (χ3v) is 5.60. The first-order valence-corrected chi connectivity index (χ1v) is 9.57. The number of halogens is 1. The third-order valence-electron chi connectivity index (χ3n) is 4.68. The molecule has 1 aliphatic rings. The van der Waals surface area contributed by atoms with Gasteiger partial charge in [0.1, 0.15) is 29.1 Å². The maximum atomic E-state index is 13.8. The Morgan fingerprint density at radius 3 is 2.76 bits per heavy atom. The number of ketones is 1. The van der Waals surface area contributed by atoms with Crippen molar-refractivity contribution in [3.05, 3.63) is 81.7 Å². The average molecular weight is 413 g/mol. The van der Waals surface area contributed by atoms with E-state index in [0.717, 1.165) is 6.07 Å². The van der Waals surface area contributed by atoms with E-state index in [-0.39, 0.29) is 23.4 Å². The predicted molar refractivity (Wildman–Crippen MR) is 104 cm³/mol. The molecule has 8 heteroatoms. The molecule has 29 heavy (non-hydrogen) atoms. The van der Waals surface area contributed by atoms with Crippen LogP contribution in [-0.2, 0) is 16.1 Å². The van der Waals surface area contributed by atoms with Crippen LogP contribution in [0.15, 0.2) is 64.1 Å². The Labute approximate surface area is 169 Å². The summed E-state index contributed by atoms with van der Waals surface area (Å²) in [7, 11) is 1.37. The molecule has 0 spiro atoms. The van der Waals surface area contributed by atoms with Crippen molar-refractivity contribution in [3.8, 4) is 5.75 Å². The van der Waals surface area contributed by atoms with Gasteiger partial charge in [0, 0.05) is 4.88 Å². The van der Waals surface area contributed by atoms with Crippen LogP contribution < -0.4 is 4.74 Å². The smallest absolute Gasteiger partial charge is 0.296 e. The number of furan rings is 1. The van der Waals surface area contributed by atoms with Crippen molar-refractivity contribution in [1.82, 2.24) is 4.90 Å². The van der Waals surface area contributed by atoms with Crippen LogP contribution in [0.1, 0.15) is 22.2 Å². The van der Waals surface area contributed by atoms with E-state index in [2.05, 4.69) is 0 Å². The summed E-state index contributed by atoms with van der Waals surface area (Å²) in [5, 5.41) is 12.8. The standard InChI is InChI=1S/C21H16FNO5S/c1-27-15-7-6-12(22)10-14(15)19(24)17-18(16-5-3-9-29-16)23(21(26)20(17)25)11-13-4-2-8-28-13/h2-10,18,24H,11H2,1H3/b19-17-. The van der Waals surface area contributed by atoms with Crippen LogP contribution in [-0.4, -0.2) is 28.8 Å². The zero-order chi connectivity index (χ0) is 20.5. The molecule has 1 aromatic carbocycles. The second-order valence-electron chi connectivity index (χ2n) is 6.37. The summed E-state index contributed by atoms with van der Waals surface area (Å²) < 4.78 is 24.4. The van der Waals surface area contributed by atoms with Crippen molar-refractivity contribution in [1.29, 1.82) is 0 Å². The molecular formula is C21H16FNO5S.